The molecular formula is C15H26N4. The van der Waals surface area contributed by atoms with Crippen molar-refractivity contribution in [1.82, 2.24) is 15.3 Å². The highest BCUT2D eigenvalue weighted by molar-refractivity contribution is 5.42. The number of hydrogen-bond donors (Lipinski definition) is 1. The maximum absolute atomic E-state index is 4.49. The van der Waals surface area contributed by atoms with E-state index in [1.54, 1.807) is 12.4 Å². The highest BCUT2D eigenvalue weighted by Crippen LogP contribution is 2.22. The zero-order valence-electron chi connectivity index (χ0n) is 12.4. The quantitative estimate of drug-likeness (QED) is 0.883. The molecule has 1 aliphatic heterocycles. The van der Waals surface area contributed by atoms with Crippen molar-refractivity contribution in [2.45, 2.75) is 33.6 Å². The SMILES string of the molecule is Cc1nccnc1N1CCCC(CNCC(C)C)C1. The molecule has 1 unspecified atom stereocenters. The van der Waals surface area contributed by atoms with E-state index >= 15 is 0 Å². The lowest BCUT2D eigenvalue weighted by atomic mass is 9.97. The van der Waals surface area contributed by atoms with Crippen molar-refractivity contribution in [2.24, 2.45) is 11.8 Å². The molecule has 0 aliphatic carbocycles. The highest BCUT2D eigenvalue weighted by Gasteiger charge is 2.21. The van der Waals surface area contributed by atoms with Gasteiger partial charge in [-0.05, 0) is 44.7 Å². The third-order valence-electron chi connectivity index (χ3n) is 3.66. The number of rotatable bonds is 5. The van der Waals surface area contributed by atoms with Gasteiger partial charge >= 0.3 is 0 Å². The van der Waals surface area contributed by atoms with Crippen LogP contribution in [0.4, 0.5) is 5.82 Å². The van der Waals surface area contributed by atoms with E-state index in [1.165, 1.54) is 12.8 Å². The van der Waals surface area contributed by atoms with Gasteiger partial charge in [0.1, 0.15) is 5.82 Å². The first kappa shape index (κ1) is 14.3. The summed E-state index contributed by atoms with van der Waals surface area (Å²) in [5, 5.41) is 3.58. The zero-order valence-corrected chi connectivity index (χ0v) is 12.4. The molecule has 1 atom stereocenters. The maximum Gasteiger partial charge on any atom is 0.150 e. The number of hydrogen-bond acceptors (Lipinski definition) is 4. The molecule has 1 aliphatic rings. The van der Waals surface area contributed by atoms with E-state index in [0.717, 1.165) is 49.5 Å². The Morgan fingerprint density at radius 1 is 1.37 bits per heavy atom. The van der Waals surface area contributed by atoms with Gasteiger partial charge < -0.3 is 10.2 Å². The van der Waals surface area contributed by atoms with Gasteiger partial charge in [0.05, 0.1) is 5.69 Å². The van der Waals surface area contributed by atoms with Crippen LogP contribution in [0.1, 0.15) is 32.4 Å². The van der Waals surface area contributed by atoms with Gasteiger partial charge in [-0.15, -0.1) is 0 Å². The van der Waals surface area contributed by atoms with Gasteiger partial charge in [-0.3, -0.25) is 4.98 Å². The van der Waals surface area contributed by atoms with Gasteiger partial charge in [0.15, 0.2) is 0 Å². The van der Waals surface area contributed by atoms with Crippen LogP contribution >= 0.6 is 0 Å². The number of piperidine rings is 1. The van der Waals surface area contributed by atoms with Gasteiger partial charge in [-0.2, -0.15) is 0 Å². The smallest absolute Gasteiger partial charge is 0.150 e. The van der Waals surface area contributed by atoms with Crippen molar-refractivity contribution in [2.75, 3.05) is 31.1 Å². The van der Waals surface area contributed by atoms with Crippen molar-refractivity contribution in [1.29, 1.82) is 0 Å². The minimum Gasteiger partial charge on any atom is -0.355 e. The average molecular weight is 262 g/mol. The van der Waals surface area contributed by atoms with Crippen LogP contribution in [0.25, 0.3) is 0 Å². The molecule has 1 aromatic heterocycles. The Balaban J connectivity index is 1.88. The van der Waals surface area contributed by atoms with Crippen LogP contribution in [0.3, 0.4) is 0 Å². The molecule has 0 radical (unpaired) electrons. The summed E-state index contributed by atoms with van der Waals surface area (Å²) >= 11 is 0. The summed E-state index contributed by atoms with van der Waals surface area (Å²) in [5.41, 5.74) is 1.04. The van der Waals surface area contributed by atoms with E-state index in [0.29, 0.717) is 0 Å². The molecule has 19 heavy (non-hydrogen) atoms. The van der Waals surface area contributed by atoms with E-state index < -0.39 is 0 Å². The minimum atomic E-state index is 0.724. The Morgan fingerprint density at radius 3 is 2.89 bits per heavy atom. The van der Waals surface area contributed by atoms with Crippen LogP contribution in [0.15, 0.2) is 12.4 Å². The first-order chi connectivity index (χ1) is 9.16. The summed E-state index contributed by atoms with van der Waals surface area (Å²) < 4.78 is 0. The Hall–Kier alpha value is -1.16. The van der Waals surface area contributed by atoms with Gasteiger partial charge in [-0.25, -0.2) is 4.98 Å². The van der Waals surface area contributed by atoms with Crippen molar-refractivity contribution >= 4 is 5.82 Å². The molecule has 2 heterocycles. The van der Waals surface area contributed by atoms with E-state index in [4.69, 9.17) is 0 Å². The predicted molar refractivity (Wildman–Crippen MR) is 79.4 cm³/mol. The van der Waals surface area contributed by atoms with E-state index in [1.807, 2.05) is 6.92 Å². The molecule has 1 saturated heterocycles. The van der Waals surface area contributed by atoms with Crippen molar-refractivity contribution in [3.05, 3.63) is 18.1 Å². The third kappa shape index (κ3) is 4.16. The van der Waals surface area contributed by atoms with Crippen molar-refractivity contribution in [3.63, 3.8) is 0 Å². The molecule has 1 N–H and O–H groups in total. The molecule has 106 valence electrons. The summed E-state index contributed by atoms with van der Waals surface area (Å²) in [5.74, 6) is 2.52. The Morgan fingerprint density at radius 2 is 2.16 bits per heavy atom. The van der Waals surface area contributed by atoms with E-state index in [2.05, 4.69) is 34.0 Å². The molecule has 1 aromatic rings. The largest absolute Gasteiger partial charge is 0.355 e. The fraction of sp³-hybridized carbons (Fsp3) is 0.733. The van der Waals surface area contributed by atoms with Crippen molar-refractivity contribution in [3.8, 4) is 0 Å². The zero-order chi connectivity index (χ0) is 13.7. The number of nitrogens with zero attached hydrogens (tertiary/aromatic N) is 3. The second kappa shape index (κ2) is 6.85. The minimum absolute atomic E-state index is 0.724. The summed E-state index contributed by atoms with van der Waals surface area (Å²) in [4.78, 5) is 11.2. The summed E-state index contributed by atoms with van der Waals surface area (Å²) in [6.45, 7) is 11.0. The molecule has 2 rings (SSSR count). The van der Waals surface area contributed by atoms with Crippen LogP contribution in [0.2, 0.25) is 0 Å². The van der Waals surface area contributed by atoms with E-state index in [9.17, 15) is 0 Å². The highest BCUT2D eigenvalue weighted by atomic mass is 15.2. The maximum atomic E-state index is 4.49. The third-order valence-corrected chi connectivity index (χ3v) is 3.66. The van der Waals surface area contributed by atoms with Crippen molar-refractivity contribution < 1.29 is 0 Å². The Bertz CT molecular complexity index is 391. The first-order valence-corrected chi connectivity index (χ1v) is 7.40. The van der Waals surface area contributed by atoms with E-state index in [-0.39, 0.29) is 0 Å². The average Bonchev–Trinajstić information content (AvgIpc) is 2.39. The normalized spacial score (nSPS) is 20.0. The predicted octanol–water partition coefficient (Wildman–Crippen LogP) is 2.25. The fourth-order valence-corrected chi connectivity index (χ4v) is 2.71. The molecule has 0 spiro atoms. The van der Waals surface area contributed by atoms with Crippen LogP contribution < -0.4 is 10.2 Å². The number of anilines is 1. The van der Waals surface area contributed by atoms with Crippen LogP contribution in [0.5, 0.6) is 0 Å². The number of aromatic nitrogens is 2. The number of nitrogens with one attached hydrogen (secondary N) is 1. The molecule has 0 saturated carbocycles. The molecule has 1 fully saturated rings. The van der Waals surface area contributed by atoms with Crippen LogP contribution in [0, 0.1) is 18.8 Å². The Labute approximate surface area is 116 Å². The summed E-state index contributed by atoms with van der Waals surface area (Å²) in [6, 6.07) is 0. The molecule has 4 heteroatoms. The standard InChI is InChI=1S/C15H26N4/c1-12(2)9-16-10-14-5-4-8-19(11-14)15-13(3)17-6-7-18-15/h6-7,12,14,16H,4-5,8-11H2,1-3H3. The Kier molecular flexibility index (Phi) is 5.14. The fourth-order valence-electron chi connectivity index (χ4n) is 2.71. The topological polar surface area (TPSA) is 41.1 Å². The second-order valence-electron chi connectivity index (χ2n) is 5.97. The first-order valence-electron chi connectivity index (χ1n) is 7.40. The number of aryl methyl sites for hydroxylation is 1. The molecular weight excluding hydrogens is 236 g/mol. The van der Waals surface area contributed by atoms with Gasteiger partial charge in [0.25, 0.3) is 0 Å². The molecule has 0 amide bonds. The second-order valence-corrected chi connectivity index (χ2v) is 5.97. The van der Waals surface area contributed by atoms with Gasteiger partial charge in [-0.1, -0.05) is 13.8 Å². The van der Waals surface area contributed by atoms with Gasteiger partial charge in [0.2, 0.25) is 0 Å². The lowest BCUT2D eigenvalue weighted by Crippen LogP contribution is -2.41. The van der Waals surface area contributed by atoms with Gasteiger partial charge in [0, 0.05) is 25.5 Å². The molecule has 0 aromatic carbocycles. The summed E-state index contributed by atoms with van der Waals surface area (Å²) in [7, 11) is 0. The lowest BCUT2D eigenvalue weighted by molar-refractivity contribution is 0.381. The van der Waals surface area contributed by atoms with Crippen LogP contribution in [-0.2, 0) is 0 Å². The molecule has 4 nitrogen and oxygen atoms in total. The van der Waals surface area contributed by atoms with Crippen LogP contribution in [-0.4, -0.2) is 36.1 Å². The summed E-state index contributed by atoms with van der Waals surface area (Å²) in [6.07, 6.45) is 6.14. The molecule has 0 bridgehead atoms. The monoisotopic (exact) mass is 262 g/mol. The lowest BCUT2D eigenvalue weighted by Gasteiger charge is -2.34.